The summed E-state index contributed by atoms with van der Waals surface area (Å²) in [5, 5.41) is 7.05. The minimum absolute atomic E-state index is 0.130. The number of anilines is 1. The van der Waals surface area contributed by atoms with Gasteiger partial charge in [0.25, 0.3) is 5.91 Å². The van der Waals surface area contributed by atoms with Crippen molar-refractivity contribution in [1.29, 1.82) is 0 Å². The van der Waals surface area contributed by atoms with Gasteiger partial charge in [0.05, 0.1) is 10.7 Å². The number of halogens is 2. The summed E-state index contributed by atoms with van der Waals surface area (Å²) in [7, 11) is 0. The molecule has 142 valence electrons. The van der Waals surface area contributed by atoms with Crippen molar-refractivity contribution >= 4 is 40.6 Å². The molecule has 27 heavy (non-hydrogen) atoms. The van der Waals surface area contributed by atoms with Crippen LogP contribution in [0.1, 0.15) is 44.9 Å². The molecule has 4 rings (SSSR count). The van der Waals surface area contributed by atoms with Crippen molar-refractivity contribution in [2.45, 2.75) is 44.9 Å². The SMILES string of the molecule is O=C1CCCC2=C1C(C1CCCC1)C(C(=O)Nc1cc(Cl)ccc1Cl)=CN2. The van der Waals surface area contributed by atoms with E-state index in [1.807, 2.05) is 0 Å². The van der Waals surface area contributed by atoms with Gasteiger partial charge in [0, 0.05) is 40.4 Å². The van der Waals surface area contributed by atoms with Gasteiger partial charge in [-0.3, -0.25) is 9.59 Å². The lowest BCUT2D eigenvalue weighted by atomic mass is 9.72. The molecule has 0 aromatic heterocycles. The Kier molecular flexibility index (Phi) is 5.29. The van der Waals surface area contributed by atoms with E-state index in [9.17, 15) is 9.59 Å². The maximum atomic E-state index is 13.1. The third-order valence-corrected chi connectivity index (χ3v) is 6.38. The lowest BCUT2D eigenvalue weighted by Gasteiger charge is -2.35. The predicted molar refractivity (Wildman–Crippen MR) is 108 cm³/mol. The van der Waals surface area contributed by atoms with Crippen LogP contribution in [0.25, 0.3) is 0 Å². The molecule has 1 amide bonds. The molecule has 0 radical (unpaired) electrons. The summed E-state index contributed by atoms with van der Waals surface area (Å²) in [6, 6.07) is 4.98. The van der Waals surface area contributed by atoms with Crippen molar-refractivity contribution in [2.75, 3.05) is 5.32 Å². The van der Waals surface area contributed by atoms with Crippen molar-refractivity contribution < 1.29 is 9.59 Å². The monoisotopic (exact) mass is 404 g/mol. The molecule has 4 nitrogen and oxygen atoms in total. The number of amides is 1. The van der Waals surface area contributed by atoms with E-state index in [1.165, 1.54) is 0 Å². The van der Waals surface area contributed by atoms with Crippen molar-refractivity contribution in [3.05, 3.63) is 51.3 Å². The Morgan fingerprint density at radius 2 is 1.89 bits per heavy atom. The number of allylic oxidation sites excluding steroid dienone is 2. The minimum atomic E-state index is -0.228. The lowest BCUT2D eigenvalue weighted by molar-refractivity contribution is -0.117. The van der Waals surface area contributed by atoms with Crippen LogP contribution in [0, 0.1) is 11.8 Å². The largest absolute Gasteiger partial charge is 0.364 e. The average molecular weight is 405 g/mol. The summed E-state index contributed by atoms with van der Waals surface area (Å²) >= 11 is 12.2. The molecule has 0 saturated heterocycles. The van der Waals surface area contributed by atoms with E-state index in [-0.39, 0.29) is 17.6 Å². The first-order valence-corrected chi connectivity index (χ1v) is 10.3. The molecule has 3 aliphatic rings. The summed E-state index contributed by atoms with van der Waals surface area (Å²) in [4.78, 5) is 25.8. The highest BCUT2D eigenvalue weighted by atomic mass is 35.5. The quantitative estimate of drug-likeness (QED) is 0.724. The van der Waals surface area contributed by atoms with E-state index < -0.39 is 0 Å². The van der Waals surface area contributed by atoms with Crippen LogP contribution in [0.4, 0.5) is 5.69 Å². The number of hydrogen-bond acceptors (Lipinski definition) is 3. The van der Waals surface area contributed by atoms with Crippen molar-refractivity contribution in [1.82, 2.24) is 5.32 Å². The van der Waals surface area contributed by atoms with Gasteiger partial charge in [-0.15, -0.1) is 0 Å². The van der Waals surface area contributed by atoms with Crippen LogP contribution in [-0.2, 0) is 9.59 Å². The van der Waals surface area contributed by atoms with Crippen LogP contribution in [0.15, 0.2) is 41.2 Å². The van der Waals surface area contributed by atoms with Gasteiger partial charge >= 0.3 is 0 Å². The Labute approximate surface area is 169 Å². The third-order valence-electron chi connectivity index (χ3n) is 5.81. The molecular weight excluding hydrogens is 383 g/mol. The van der Waals surface area contributed by atoms with Gasteiger partial charge in [0.15, 0.2) is 5.78 Å². The van der Waals surface area contributed by atoms with Crippen molar-refractivity contribution in [3.63, 3.8) is 0 Å². The van der Waals surface area contributed by atoms with E-state index >= 15 is 0 Å². The van der Waals surface area contributed by atoms with Gasteiger partial charge in [0.2, 0.25) is 0 Å². The smallest absolute Gasteiger partial charge is 0.253 e. The second-order valence-electron chi connectivity index (χ2n) is 7.51. The van der Waals surface area contributed by atoms with Crippen molar-refractivity contribution in [2.24, 2.45) is 11.8 Å². The first-order valence-electron chi connectivity index (χ1n) is 9.54. The Balaban J connectivity index is 1.66. The highest BCUT2D eigenvalue weighted by molar-refractivity contribution is 6.35. The number of nitrogens with one attached hydrogen (secondary N) is 2. The minimum Gasteiger partial charge on any atom is -0.364 e. The standard InChI is InChI=1S/C21H22Cl2N2O2/c22-13-8-9-15(23)17(10-13)25-21(27)14-11-24-16-6-3-7-18(26)20(16)19(14)12-4-1-2-5-12/h8-12,19,24H,1-7H2,(H,25,27). The zero-order chi connectivity index (χ0) is 19.0. The van der Waals surface area contributed by atoms with Crippen LogP contribution in [0.3, 0.4) is 0 Å². The molecule has 1 heterocycles. The van der Waals surface area contributed by atoms with E-state index in [0.29, 0.717) is 33.6 Å². The maximum Gasteiger partial charge on any atom is 0.253 e. The van der Waals surface area contributed by atoms with Gasteiger partial charge in [-0.05, 0) is 49.8 Å². The van der Waals surface area contributed by atoms with E-state index in [4.69, 9.17) is 23.2 Å². The molecular formula is C21H22Cl2N2O2. The predicted octanol–water partition coefficient (Wildman–Crippen LogP) is 5.23. The number of rotatable bonds is 3. The second-order valence-corrected chi connectivity index (χ2v) is 8.36. The van der Waals surface area contributed by atoms with Crippen LogP contribution >= 0.6 is 23.2 Å². The fraction of sp³-hybridized carbons (Fsp3) is 0.429. The number of carbonyl (C=O) groups excluding carboxylic acids is 2. The lowest BCUT2D eigenvalue weighted by Crippen LogP contribution is -2.37. The summed E-state index contributed by atoms with van der Waals surface area (Å²) < 4.78 is 0. The fourth-order valence-electron chi connectivity index (χ4n) is 4.56. The fourth-order valence-corrected chi connectivity index (χ4v) is 4.90. The van der Waals surface area contributed by atoms with Gasteiger partial charge in [-0.1, -0.05) is 36.0 Å². The number of Topliss-reactive ketones (excluding diaryl/α,β-unsaturated/α-hetero) is 1. The van der Waals surface area contributed by atoms with Gasteiger partial charge in [-0.25, -0.2) is 0 Å². The van der Waals surface area contributed by atoms with E-state index in [1.54, 1.807) is 24.4 Å². The molecule has 1 unspecified atom stereocenters. The number of benzene rings is 1. The van der Waals surface area contributed by atoms with Gasteiger partial charge in [-0.2, -0.15) is 0 Å². The highest BCUT2D eigenvalue weighted by Gasteiger charge is 2.40. The topological polar surface area (TPSA) is 58.2 Å². The molecule has 1 aromatic carbocycles. The van der Waals surface area contributed by atoms with Crippen LogP contribution in [0.2, 0.25) is 10.0 Å². The molecule has 1 saturated carbocycles. The number of hydrogen-bond donors (Lipinski definition) is 2. The number of carbonyl (C=O) groups is 2. The zero-order valence-corrected chi connectivity index (χ0v) is 16.5. The molecule has 2 aliphatic carbocycles. The molecule has 2 N–H and O–H groups in total. The molecule has 1 aromatic rings. The summed E-state index contributed by atoms with van der Waals surface area (Å²) in [6.07, 6.45) is 8.51. The number of ketones is 1. The Hall–Kier alpha value is -1.78. The van der Waals surface area contributed by atoms with Crippen LogP contribution in [0.5, 0.6) is 0 Å². The molecule has 1 atom stereocenters. The van der Waals surface area contributed by atoms with Gasteiger partial charge in [0.1, 0.15) is 0 Å². The molecule has 1 aliphatic heterocycles. The first kappa shape index (κ1) is 18.6. The molecule has 6 heteroatoms. The summed E-state index contributed by atoms with van der Waals surface area (Å²) in [5.74, 6) is 0.161. The Bertz CT molecular complexity index is 854. The normalized spacial score (nSPS) is 23.0. The summed E-state index contributed by atoms with van der Waals surface area (Å²) in [5.41, 5.74) is 2.93. The Morgan fingerprint density at radius 1 is 1.11 bits per heavy atom. The summed E-state index contributed by atoms with van der Waals surface area (Å²) in [6.45, 7) is 0. The number of dihydropyridines is 1. The van der Waals surface area contributed by atoms with Crippen LogP contribution in [-0.4, -0.2) is 11.7 Å². The zero-order valence-electron chi connectivity index (χ0n) is 15.0. The maximum absolute atomic E-state index is 13.1. The first-order chi connectivity index (χ1) is 13.0. The van der Waals surface area contributed by atoms with Crippen molar-refractivity contribution in [3.8, 4) is 0 Å². The average Bonchev–Trinajstić information content (AvgIpc) is 3.18. The van der Waals surface area contributed by atoms with E-state index in [0.717, 1.165) is 49.8 Å². The molecule has 0 bridgehead atoms. The molecule has 1 fully saturated rings. The molecule has 0 spiro atoms. The van der Waals surface area contributed by atoms with E-state index in [2.05, 4.69) is 10.6 Å². The Morgan fingerprint density at radius 3 is 2.67 bits per heavy atom. The highest BCUT2D eigenvalue weighted by Crippen LogP contribution is 2.44. The third kappa shape index (κ3) is 3.65. The van der Waals surface area contributed by atoms with Crippen LogP contribution < -0.4 is 10.6 Å². The second kappa shape index (κ2) is 7.69. The van der Waals surface area contributed by atoms with Gasteiger partial charge < -0.3 is 10.6 Å².